The van der Waals surface area contributed by atoms with Gasteiger partial charge in [0.05, 0.1) is 16.8 Å². The first-order valence-corrected chi connectivity index (χ1v) is 9.42. The maximum Gasteiger partial charge on any atom is 0.196 e. The number of fused-ring (bicyclic) bond motifs is 3. The Morgan fingerprint density at radius 2 is 1.34 bits per heavy atom. The molecule has 3 N–H and O–H groups in total. The van der Waals surface area contributed by atoms with Crippen LogP contribution >= 0.6 is 0 Å². The second-order valence-corrected chi connectivity index (χ2v) is 7.30. The van der Waals surface area contributed by atoms with Gasteiger partial charge in [-0.05, 0) is 41.5 Å². The number of anilines is 3. The number of carbonyl (C=O) groups is 2. The minimum absolute atomic E-state index is 0.190. The summed E-state index contributed by atoms with van der Waals surface area (Å²) in [6.45, 7) is 1.85. The van der Waals surface area contributed by atoms with Crippen molar-refractivity contribution in [1.29, 1.82) is 0 Å². The van der Waals surface area contributed by atoms with Crippen LogP contribution in [-0.4, -0.2) is 11.6 Å². The highest BCUT2D eigenvalue weighted by atomic mass is 16.1. The van der Waals surface area contributed by atoms with Gasteiger partial charge in [-0.3, -0.25) is 9.59 Å². The smallest absolute Gasteiger partial charge is 0.196 e. The van der Waals surface area contributed by atoms with Gasteiger partial charge in [0, 0.05) is 22.5 Å². The molecular formula is C25H18N2O2. The fourth-order valence-corrected chi connectivity index (χ4v) is 3.97. The molecule has 1 aliphatic rings. The second-order valence-electron chi connectivity index (χ2n) is 7.30. The van der Waals surface area contributed by atoms with Crippen molar-refractivity contribution in [3.05, 3.63) is 101 Å². The van der Waals surface area contributed by atoms with Crippen LogP contribution in [0.3, 0.4) is 0 Å². The number of hydrogen-bond donors (Lipinski definition) is 2. The molecule has 5 rings (SSSR count). The number of aryl methyl sites for hydroxylation is 1. The Labute approximate surface area is 168 Å². The summed E-state index contributed by atoms with van der Waals surface area (Å²) in [6, 6.07) is 22.8. The first-order valence-electron chi connectivity index (χ1n) is 9.42. The van der Waals surface area contributed by atoms with Crippen LogP contribution in [-0.2, 0) is 0 Å². The van der Waals surface area contributed by atoms with Crippen LogP contribution in [0.1, 0.15) is 37.4 Å². The van der Waals surface area contributed by atoms with Crippen LogP contribution in [0.4, 0.5) is 17.1 Å². The maximum absolute atomic E-state index is 13.3. The third-order valence-corrected chi connectivity index (χ3v) is 5.47. The Bertz CT molecular complexity index is 1340. The summed E-state index contributed by atoms with van der Waals surface area (Å²) in [5.74, 6) is -0.400. The summed E-state index contributed by atoms with van der Waals surface area (Å²) in [7, 11) is 0. The van der Waals surface area contributed by atoms with Crippen molar-refractivity contribution in [3.63, 3.8) is 0 Å². The molecule has 0 bridgehead atoms. The zero-order valence-electron chi connectivity index (χ0n) is 15.8. The molecule has 0 spiro atoms. The molecule has 140 valence electrons. The Morgan fingerprint density at radius 1 is 0.724 bits per heavy atom. The molecule has 0 atom stereocenters. The minimum Gasteiger partial charge on any atom is -0.398 e. The van der Waals surface area contributed by atoms with Gasteiger partial charge in [0.25, 0.3) is 0 Å². The molecule has 4 heteroatoms. The van der Waals surface area contributed by atoms with Gasteiger partial charge in [-0.15, -0.1) is 0 Å². The third-order valence-electron chi connectivity index (χ3n) is 5.47. The number of carbonyl (C=O) groups excluding carboxylic acids is 2. The van der Waals surface area contributed by atoms with Crippen LogP contribution in [0.5, 0.6) is 0 Å². The maximum atomic E-state index is 13.3. The lowest BCUT2D eigenvalue weighted by atomic mass is 9.81. The zero-order valence-corrected chi connectivity index (χ0v) is 15.8. The predicted octanol–water partition coefficient (Wildman–Crippen LogP) is 5.25. The van der Waals surface area contributed by atoms with E-state index in [1.165, 1.54) is 0 Å². The van der Waals surface area contributed by atoms with Crippen molar-refractivity contribution in [2.75, 3.05) is 11.1 Å². The lowest BCUT2D eigenvalue weighted by molar-refractivity contribution is 0.0980. The monoisotopic (exact) mass is 378 g/mol. The number of hydrogen-bond acceptors (Lipinski definition) is 4. The van der Waals surface area contributed by atoms with Crippen LogP contribution in [0.2, 0.25) is 0 Å². The number of nitrogen functional groups attached to an aromatic ring is 1. The first-order chi connectivity index (χ1) is 14.0. The quantitative estimate of drug-likeness (QED) is 0.412. The molecule has 1 aliphatic carbocycles. The van der Waals surface area contributed by atoms with Crippen molar-refractivity contribution in [2.45, 2.75) is 6.92 Å². The summed E-state index contributed by atoms with van der Waals surface area (Å²) in [4.78, 5) is 26.4. The average Bonchev–Trinajstić information content (AvgIpc) is 2.74. The highest BCUT2D eigenvalue weighted by molar-refractivity contribution is 6.32. The summed E-state index contributed by atoms with van der Waals surface area (Å²) in [6.07, 6.45) is 0. The van der Waals surface area contributed by atoms with E-state index in [2.05, 4.69) is 5.32 Å². The summed E-state index contributed by atoms with van der Waals surface area (Å²) in [5, 5.41) is 5.57. The van der Waals surface area contributed by atoms with Crippen LogP contribution < -0.4 is 11.1 Å². The molecule has 29 heavy (non-hydrogen) atoms. The molecular weight excluding hydrogens is 360 g/mol. The van der Waals surface area contributed by atoms with E-state index < -0.39 is 0 Å². The molecule has 4 aromatic rings. The topological polar surface area (TPSA) is 72.2 Å². The lowest BCUT2D eigenvalue weighted by Gasteiger charge is -2.23. The van der Waals surface area contributed by atoms with Crippen molar-refractivity contribution in [1.82, 2.24) is 0 Å². The molecule has 4 nitrogen and oxygen atoms in total. The van der Waals surface area contributed by atoms with E-state index in [0.717, 1.165) is 22.0 Å². The van der Waals surface area contributed by atoms with Crippen molar-refractivity contribution in [2.24, 2.45) is 0 Å². The summed E-state index contributed by atoms with van der Waals surface area (Å²) in [5.41, 5.74) is 10.2. The van der Waals surface area contributed by atoms with Crippen molar-refractivity contribution >= 4 is 39.4 Å². The molecule has 0 aliphatic heterocycles. The average molecular weight is 378 g/mol. The van der Waals surface area contributed by atoms with Crippen LogP contribution in [0, 0.1) is 6.92 Å². The van der Waals surface area contributed by atoms with Crippen molar-refractivity contribution < 1.29 is 9.59 Å². The molecule has 0 saturated heterocycles. The van der Waals surface area contributed by atoms with Gasteiger partial charge in [0.15, 0.2) is 11.6 Å². The Hall–Kier alpha value is -3.92. The van der Waals surface area contributed by atoms with E-state index >= 15 is 0 Å². The van der Waals surface area contributed by atoms with Gasteiger partial charge < -0.3 is 11.1 Å². The van der Waals surface area contributed by atoms with Crippen molar-refractivity contribution in [3.8, 4) is 0 Å². The Morgan fingerprint density at radius 3 is 2.07 bits per heavy atom. The number of benzene rings is 4. The molecule has 0 heterocycles. The molecule has 0 fully saturated rings. The van der Waals surface area contributed by atoms with Crippen LogP contribution in [0.15, 0.2) is 72.8 Å². The standard InChI is InChI=1S/C25H18N2O2/c1-14-12-20(27-17-11-10-15-6-2-3-7-16(15)13-17)21-22(23(14)26)25(29)19-9-5-4-8-18(19)24(21)28/h2-13,27H,26H2,1H3. The second kappa shape index (κ2) is 6.31. The van der Waals surface area contributed by atoms with Gasteiger partial charge >= 0.3 is 0 Å². The molecule has 4 aromatic carbocycles. The number of ketones is 2. The fourth-order valence-electron chi connectivity index (χ4n) is 3.97. The SMILES string of the molecule is Cc1cc(Nc2ccc3ccccc3c2)c2c(c1N)C(=O)c1ccccc1C2=O. The molecule has 0 amide bonds. The van der Waals surface area contributed by atoms with E-state index in [-0.39, 0.29) is 17.1 Å². The molecule has 0 saturated carbocycles. The van der Waals surface area contributed by atoms with Crippen LogP contribution in [0.25, 0.3) is 10.8 Å². The molecule has 0 aromatic heterocycles. The third kappa shape index (κ3) is 2.61. The Kier molecular flexibility index (Phi) is 3.74. The summed E-state index contributed by atoms with van der Waals surface area (Å²) < 4.78 is 0. The Balaban J connectivity index is 1.69. The normalized spacial score (nSPS) is 12.6. The fraction of sp³-hybridized carbons (Fsp3) is 0.0400. The molecule has 0 unspecified atom stereocenters. The number of nitrogens with one attached hydrogen (secondary N) is 1. The van der Waals surface area contributed by atoms with E-state index in [1.54, 1.807) is 24.3 Å². The molecule has 0 radical (unpaired) electrons. The zero-order chi connectivity index (χ0) is 20.1. The van der Waals surface area contributed by atoms with Gasteiger partial charge in [-0.2, -0.15) is 0 Å². The predicted molar refractivity (Wildman–Crippen MR) is 116 cm³/mol. The van der Waals surface area contributed by atoms with Gasteiger partial charge in [-0.25, -0.2) is 0 Å². The van der Waals surface area contributed by atoms with E-state index in [0.29, 0.717) is 28.1 Å². The van der Waals surface area contributed by atoms with Gasteiger partial charge in [0.1, 0.15) is 0 Å². The van der Waals surface area contributed by atoms with E-state index in [1.807, 2.05) is 55.5 Å². The first kappa shape index (κ1) is 17.2. The van der Waals surface area contributed by atoms with Gasteiger partial charge in [-0.1, -0.05) is 54.6 Å². The lowest BCUT2D eigenvalue weighted by Crippen LogP contribution is -2.24. The number of nitrogens with two attached hydrogens (primary N) is 1. The highest BCUT2D eigenvalue weighted by Crippen LogP contribution is 2.38. The van der Waals surface area contributed by atoms with E-state index in [4.69, 9.17) is 5.73 Å². The largest absolute Gasteiger partial charge is 0.398 e. The summed E-state index contributed by atoms with van der Waals surface area (Å²) >= 11 is 0. The highest BCUT2D eigenvalue weighted by Gasteiger charge is 2.34. The van der Waals surface area contributed by atoms with Gasteiger partial charge in [0.2, 0.25) is 0 Å². The minimum atomic E-state index is -0.210. The number of rotatable bonds is 2. The van der Waals surface area contributed by atoms with E-state index in [9.17, 15) is 9.59 Å².